The number of aromatic nitrogens is 1. The van der Waals surface area contributed by atoms with Crippen LogP contribution in [0, 0.1) is 6.92 Å². The van der Waals surface area contributed by atoms with Gasteiger partial charge >= 0.3 is 0 Å². The molecule has 0 saturated carbocycles. The average Bonchev–Trinajstić information content (AvgIpc) is 2.92. The molecule has 0 aliphatic carbocycles. The Hall–Kier alpha value is -2.03. The number of fused-ring (bicyclic) bond motifs is 1. The molecule has 0 saturated heterocycles. The first-order valence-electron chi connectivity index (χ1n) is 7.20. The highest BCUT2D eigenvalue weighted by molar-refractivity contribution is 5.47. The Bertz CT molecular complexity index is 610. The van der Waals surface area contributed by atoms with Crippen molar-refractivity contribution >= 4 is 5.69 Å². The maximum Gasteiger partial charge on any atom is 0.122 e. The first-order valence-corrected chi connectivity index (χ1v) is 7.20. The lowest BCUT2D eigenvalue weighted by molar-refractivity contribution is 0.357. The number of hydrogen-bond donors (Lipinski definition) is 1. The minimum atomic E-state index is 0.310. The second-order valence-corrected chi connectivity index (χ2v) is 5.32. The van der Waals surface area contributed by atoms with Crippen LogP contribution in [0.3, 0.4) is 0 Å². The van der Waals surface area contributed by atoms with Crippen molar-refractivity contribution in [3.05, 3.63) is 53.3 Å². The van der Waals surface area contributed by atoms with Gasteiger partial charge in [0.15, 0.2) is 0 Å². The molecule has 3 heteroatoms. The summed E-state index contributed by atoms with van der Waals surface area (Å²) in [6.07, 6.45) is 5.81. The smallest absolute Gasteiger partial charge is 0.122 e. The van der Waals surface area contributed by atoms with E-state index in [9.17, 15) is 0 Å². The minimum Gasteiger partial charge on any atom is -0.493 e. The predicted octanol–water partition coefficient (Wildman–Crippen LogP) is 3.89. The number of ether oxygens (including phenoxy) is 1. The molecular weight excluding hydrogens is 248 g/mol. The lowest BCUT2D eigenvalue weighted by Crippen LogP contribution is -2.10. The summed E-state index contributed by atoms with van der Waals surface area (Å²) in [5, 5.41) is 3.57. The molecule has 2 heterocycles. The quantitative estimate of drug-likeness (QED) is 0.913. The van der Waals surface area contributed by atoms with Crippen molar-refractivity contribution in [2.45, 2.75) is 32.7 Å². The molecule has 104 valence electrons. The predicted molar refractivity (Wildman–Crippen MR) is 81.3 cm³/mol. The molecule has 0 fully saturated rings. The number of benzene rings is 1. The van der Waals surface area contributed by atoms with E-state index in [2.05, 4.69) is 48.4 Å². The van der Waals surface area contributed by atoms with E-state index in [0.29, 0.717) is 6.04 Å². The Morgan fingerprint density at radius 2 is 2.20 bits per heavy atom. The van der Waals surface area contributed by atoms with Crippen molar-refractivity contribution in [2.75, 3.05) is 11.9 Å². The van der Waals surface area contributed by atoms with Crippen molar-refractivity contribution in [1.82, 2.24) is 4.98 Å². The van der Waals surface area contributed by atoms with Crippen LogP contribution in [-0.2, 0) is 6.42 Å². The van der Waals surface area contributed by atoms with E-state index in [1.807, 2.05) is 12.4 Å². The molecule has 1 atom stereocenters. The van der Waals surface area contributed by atoms with Gasteiger partial charge in [-0.25, -0.2) is 0 Å². The zero-order valence-corrected chi connectivity index (χ0v) is 12.0. The highest BCUT2D eigenvalue weighted by Crippen LogP contribution is 2.30. The van der Waals surface area contributed by atoms with Gasteiger partial charge in [0.1, 0.15) is 5.75 Å². The van der Waals surface area contributed by atoms with Crippen molar-refractivity contribution in [1.29, 1.82) is 0 Å². The van der Waals surface area contributed by atoms with Crippen LogP contribution in [0.5, 0.6) is 5.75 Å². The largest absolute Gasteiger partial charge is 0.493 e. The maximum absolute atomic E-state index is 5.57. The van der Waals surface area contributed by atoms with Crippen LogP contribution in [0.1, 0.15) is 36.1 Å². The number of anilines is 1. The van der Waals surface area contributed by atoms with Crippen molar-refractivity contribution in [2.24, 2.45) is 0 Å². The summed E-state index contributed by atoms with van der Waals surface area (Å²) >= 11 is 0. The van der Waals surface area contributed by atoms with E-state index < -0.39 is 0 Å². The molecule has 3 rings (SSSR count). The SMILES string of the molecule is CCC(Nc1cncc(C)c1)c1ccc2c(c1)CCO2. The fourth-order valence-corrected chi connectivity index (χ4v) is 2.68. The molecule has 0 amide bonds. The lowest BCUT2D eigenvalue weighted by Gasteiger charge is -2.19. The van der Waals surface area contributed by atoms with Gasteiger partial charge in [0.25, 0.3) is 0 Å². The second-order valence-electron chi connectivity index (χ2n) is 5.32. The maximum atomic E-state index is 5.57. The van der Waals surface area contributed by atoms with E-state index in [-0.39, 0.29) is 0 Å². The Kier molecular flexibility index (Phi) is 3.59. The molecule has 1 aromatic heterocycles. The van der Waals surface area contributed by atoms with Gasteiger partial charge < -0.3 is 10.1 Å². The fraction of sp³-hybridized carbons (Fsp3) is 0.353. The topological polar surface area (TPSA) is 34.2 Å². The zero-order valence-electron chi connectivity index (χ0n) is 12.0. The summed E-state index contributed by atoms with van der Waals surface area (Å²) in [5.41, 5.74) is 4.89. The van der Waals surface area contributed by atoms with E-state index in [1.54, 1.807) is 0 Å². The van der Waals surface area contributed by atoms with Gasteiger partial charge in [0.2, 0.25) is 0 Å². The van der Waals surface area contributed by atoms with Gasteiger partial charge in [0, 0.05) is 18.8 Å². The Morgan fingerprint density at radius 3 is 3.00 bits per heavy atom. The summed E-state index contributed by atoms with van der Waals surface area (Å²) in [6, 6.07) is 8.97. The van der Waals surface area contributed by atoms with Crippen LogP contribution in [-0.4, -0.2) is 11.6 Å². The van der Waals surface area contributed by atoms with Gasteiger partial charge in [-0.3, -0.25) is 4.98 Å². The fourth-order valence-electron chi connectivity index (χ4n) is 2.68. The molecule has 2 aromatic rings. The number of rotatable bonds is 4. The lowest BCUT2D eigenvalue weighted by atomic mass is 10.0. The first kappa shape index (κ1) is 13.0. The van der Waals surface area contributed by atoms with E-state index >= 15 is 0 Å². The van der Waals surface area contributed by atoms with E-state index in [4.69, 9.17) is 4.74 Å². The van der Waals surface area contributed by atoms with Crippen LogP contribution in [0.2, 0.25) is 0 Å². The summed E-state index contributed by atoms with van der Waals surface area (Å²) in [5.74, 6) is 1.04. The summed E-state index contributed by atoms with van der Waals surface area (Å²) in [4.78, 5) is 4.24. The number of hydrogen-bond acceptors (Lipinski definition) is 3. The molecule has 20 heavy (non-hydrogen) atoms. The van der Waals surface area contributed by atoms with Crippen LogP contribution >= 0.6 is 0 Å². The molecule has 1 aromatic carbocycles. The highest BCUT2D eigenvalue weighted by Gasteiger charge is 2.16. The molecular formula is C17H20N2O. The molecule has 0 radical (unpaired) electrons. The van der Waals surface area contributed by atoms with Gasteiger partial charge in [-0.1, -0.05) is 13.0 Å². The van der Waals surface area contributed by atoms with Crippen molar-refractivity contribution < 1.29 is 4.74 Å². The van der Waals surface area contributed by atoms with Gasteiger partial charge in [-0.05, 0) is 48.2 Å². The number of aryl methyl sites for hydroxylation is 1. The normalized spacial score (nSPS) is 14.5. The average molecular weight is 268 g/mol. The number of pyridine rings is 1. The van der Waals surface area contributed by atoms with Crippen molar-refractivity contribution in [3.63, 3.8) is 0 Å². The van der Waals surface area contributed by atoms with E-state index in [0.717, 1.165) is 30.9 Å². The standard InChI is InChI=1S/C17H20N2O/c1-3-16(19-15-8-12(2)10-18-11-15)13-4-5-17-14(9-13)6-7-20-17/h4-5,8-11,16,19H,3,6-7H2,1-2H3. The molecule has 0 spiro atoms. The summed E-state index contributed by atoms with van der Waals surface area (Å²) < 4.78 is 5.57. The van der Waals surface area contributed by atoms with Crippen LogP contribution in [0.25, 0.3) is 0 Å². The molecule has 1 aliphatic heterocycles. The first-order chi connectivity index (χ1) is 9.76. The second kappa shape index (κ2) is 5.53. The van der Waals surface area contributed by atoms with Gasteiger partial charge in [0.05, 0.1) is 18.3 Å². The molecule has 0 bridgehead atoms. The number of nitrogens with one attached hydrogen (secondary N) is 1. The Balaban J connectivity index is 1.83. The zero-order chi connectivity index (χ0) is 13.9. The van der Waals surface area contributed by atoms with Gasteiger partial charge in [-0.2, -0.15) is 0 Å². The van der Waals surface area contributed by atoms with Gasteiger partial charge in [-0.15, -0.1) is 0 Å². The highest BCUT2D eigenvalue weighted by atomic mass is 16.5. The van der Waals surface area contributed by atoms with Crippen molar-refractivity contribution in [3.8, 4) is 5.75 Å². The molecule has 1 aliphatic rings. The number of nitrogens with zero attached hydrogens (tertiary/aromatic N) is 1. The van der Waals surface area contributed by atoms with Crippen LogP contribution < -0.4 is 10.1 Å². The molecule has 3 nitrogen and oxygen atoms in total. The Labute approximate surface area is 120 Å². The van der Waals surface area contributed by atoms with Crippen LogP contribution in [0.4, 0.5) is 5.69 Å². The third kappa shape index (κ3) is 2.62. The third-order valence-corrected chi connectivity index (χ3v) is 3.74. The molecule has 1 unspecified atom stereocenters. The summed E-state index contributed by atoms with van der Waals surface area (Å²) in [6.45, 7) is 5.07. The monoisotopic (exact) mass is 268 g/mol. The minimum absolute atomic E-state index is 0.310. The Morgan fingerprint density at radius 1 is 1.30 bits per heavy atom. The van der Waals surface area contributed by atoms with Crippen LogP contribution in [0.15, 0.2) is 36.7 Å². The third-order valence-electron chi connectivity index (χ3n) is 3.74. The molecule has 1 N–H and O–H groups in total. The summed E-state index contributed by atoms with van der Waals surface area (Å²) in [7, 11) is 0. The van der Waals surface area contributed by atoms with E-state index in [1.165, 1.54) is 16.7 Å².